The van der Waals surface area contributed by atoms with Crippen molar-refractivity contribution in [3.63, 3.8) is 0 Å². The van der Waals surface area contributed by atoms with Gasteiger partial charge < -0.3 is 20.1 Å². The summed E-state index contributed by atoms with van der Waals surface area (Å²) in [6.45, 7) is 2.92. The van der Waals surface area contributed by atoms with Gasteiger partial charge in [0.15, 0.2) is 0 Å². The number of ether oxygens (including phenoxy) is 2. The molecular formula is C32H26N8O2. The largest absolute Gasteiger partial charge is 0.480 e. The van der Waals surface area contributed by atoms with Crippen LogP contribution in [0.25, 0.3) is 33.6 Å². The van der Waals surface area contributed by atoms with Crippen molar-refractivity contribution >= 4 is 11.7 Å². The number of hydrogen-bond donors (Lipinski definition) is 2. The van der Waals surface area contributed by atoms with Gasteiger partial charge in [0, 0.05) is 35.3 Å². The van der Waals surface area contributed by atoms with Crippen LogP contribution in [0.4, 0.5) is 0 Å². The lowest BCUT2D eigenvalue weighted by atomic mass is 9.89. The summed E-state index contributed by atoms with van der Waals surface area (Å²) < 4.78 is 11.2. The lowest BCUT2D eigenvalue weighted by Gasteiger charge is -2.15. The Morgan fingerprint density at radius 1 is 0.595 bits per heavy atom. The van der Waals surface area contributed by atoms with E-state index in [0.29, 0.717) is 69.6 Å². The molecule has 0 bridgehead atoms. The van der Waals surface area contributed by atoms with E-state index in [-0.39, 0.29) is 0 Å². The number of nitrogens with one attached hydrogen (secondary N) is 2. The van der Waals surface area contributed by atoms with E-state index < -0.39 is 0 Å². The summed E-state index contributed by atoms with van der Waals surface area (Å²) in [5.74, 6) is 2.30. The zero-order chi connectivity index (χ0) is 29.1. The van der Waals surface area contributed by atoms with Gasteiger partial charge in [-0.2, -0.15) is 10.5 Å². The van der Waals surface area contributed by atoms with Crippen molar-refractivity contribution in [2.75, 3.05) is 40.4 Å². The maximum absolute atomic E-state index is 10.4. The number of rotatable bonds is 7. The molecule has 2 N–H and O–H groups in total. The molecule has 6 rings (SSSR count). The number of nitrogens with zero attached hydrogens (tertiary/aromatic N) is 6. The quantitative estimate of drug-likeness (QED) is 0.350. The first kappa shape index (κ1) is 26.5. The fourth-order valence-electron chi connectivity index (χ4n) is 5.23. The molecule has 0 saturated heterocycles. The Balaban J connectivity index is 1.45. The summed E-state index contributed by atoms with van der Waals surface area (Å²) >= 11 is 0. The van der Waals surface area contributed by atoms with E-state index in [1.165, 1.54) is 0 Å². The van der Waals surface area contributed by atoms with Gasteiger partial charge in [0.1, 0.15) is 23.8 Å². The van der Waals surface area contributed by atoms with Crippen molar-refractivity contribution in [3.8, 4) is 57.5 Å². The first-order valence-corrected chi connectivity index (χ1v) is 13.4. The van der Waals surface area contributed by atoms with E-state index >= 15 is 0 Å². The second-order valence-electron chi connectivity index (χ2n) is 9.50. The van der Waals surface area contributed by atoms with Crippen LogP contribution in [-0.2, 0) is 0 Å². The van der Waals surface area contributed by atoms with Gasteiger partial charge in [0.25, 0.3) is 0 Å². The Hall–Kier alpha value is -5.74. The molecule has 10 heteroatoms. The van der Waals surface area contributed by atoms with Gasteiger partial charge in [-0.25, -0.2) is 9.97 Å². The molecule has 10 nitrogen and oxygen atoms in total. The molecule has 2 aromatic carbocycles. The molecule has 42 heavy (non-hydrogen) atoms. The molecule has 2 aromatic heterocycles. The van der Waals surface area contributed by atoms with E-state index in [9.17, 15) is 10.5 Å². The minimum absolute atomic E-state index is 0.399. The van der Waals surface area contributed by atoms with Crippen LogP contribution < -0.4 is 20.1 Å². The maximum atomic E-state index is 10.4. The zero-order valence-electron chi connectivity index (χ0n) is 23.1. The zero-order valence-corrected chi connectivity index (χ0v) is 23.1. The van der Waals surface area contributed by atoms with Gasteiger partial charge in [0.05, 0.1) is 61.0 Å². The van der Waals surface area contributed by atoms with Crippen molar-refractivity contribution in [2.24, 2.45) is 9.98 Å². The van der Waals surface area contributed by atoms with E-state index in [1.807, 2.05) is 60.7 Å². The normalized spacial score (nSPS) is 13.7. The predicted molar refractivity (Wildman–Crippen MR) is 160 cm³/mol. The SMILES string of the molecule is COc1nc(-c2cccc(-c3cccc(-c4ccc(C5=NCCN5)c(OC)n4)c3C#N)c2C#N)ccc1C1=NCCN1. The summed E-state index contributed by atoms with van der Waals surface area (Å²) in [5, 5.41) is 27.2. The average Bonchev–Trinajstić information content (AvgIpc) is 3.79. The lowest BCUT2D eigenvalue weighted by molar-refractivity contribution is 0.397. The molecule has 0 amide bonds. The molecule has 4 heterocycles. The Kier molecular flexibility index (Phi) is 7.19. The van der Waals surface area contributed by atoms with E-state index in [1.54, 1.807) is 14.2 Å². The molecule has 206 valence electrons. The van der Waals surface area contributed by atoms with Gasteiger partial charge in [-0.3, -0.25) is 9.98 Å². The van der Waals surface area contributed by atoms with Crippen LogP contribution in [0.3, 0.4) is 0 Å². The number of aromatic nitrogens is 2. The van der Waals surface area contributed by atoms with Crippen LogP contribution in [0.15, 0.2) is 70.6 Å². The van der Waals surface area contributed by atoms with Gasteiger partial charge in [-0.05, 0) is 24.3 Å². The highest BCUT2D eigenvalue weighted by Crippen LogP contribution is 2.37. The van der Waals surface area contributed by atoms with Gasteiger partial charge in [-0.1, -0.05) is 36.4 Å². The average molecular weight is 555 g/mol. The topological polar surface area (TPSA) is 141 Å². The first-order chi connectivity index (χ1) is 20.7. The maximum Gasteiger partial charge on any atom is 0.224 e. The molecule has 2 aliphatic rings. The molecule has 0 unspecified atom stereocenters. The third kappa shape index (κ3) is 4.65. The third-order valence-electron chi connectivity index (χ3n) is 7.16. The molecule has 0 atom stereocenters. The summed E-state index contributed by atoms with van der Waals surface area (Å²) in [4.78, 5) is 18.4. The molecular weight excluding hydrogens is 528 g/mol. The van der Waals surface area contributed by atoms with E-state index in [2.05, 4.69) is 32.8 Å². The third-order valence-corrected chi connectivity index (χ3v) is 7.16. The van der Waals surface area contributed by atoms with E-state index in [4.69, 9.17) is 19.4 Å². The predicted octanol–water partition coefficient (Wildman–Crippen LogP) is 3.94. The summed E-state index contributed by atoms with van der Waals surface area (Å²) in [6.07, 6.45) is 0. The lowest BCUT2D eigenvalue weighted by Crippen LogP contribution is -2.20. The number of amidine groups is 2. The molecule has 0 saturated carbocycles. The Labute approximate surface area is 243 Å². The Morgan fingerprint density at radius 3 is 1.38 bits per heavy atom. The molecule has 0 spiro atoms. The fraction of sp³-hybridized carbons (Fsp3) is 0.188. The minimum Gasteiger partial charge on any atom is -0.480 e. The van der Waals surface area contributed by atoms with Gasteiger partial charge in [-0.15, -0.1) is 0 Å². The number of nitriles is 2. The number of pyridine rings is 2. The van der Waals surface area contributed by atoms with Crippen LogP contribution in [0.2, 0.25) is 0 Å². The second kappa shape index (κ2) is 11.4. The number of aliphatic imine (C=N–C) groups is 2. The van der Waals surface area contributed by atoms with Crippen LogP contribution in [0.1, 0.15) is 22.3 Å². The Bertz CT molecular complexity index is 1710. The smallest absolute Gasteiger partial charge is 0.224 e. The van der Waals surface area contributed by atoms with Crippen molar-refractivity contribution in [1.29, 1.82) is 10.5 Å². The van der Waals surface area contributed by atoms with Gasteiger partial charge >= 0.3 is 0 Å². The summed E-state index contributed by atoms with van der Waals surface area (Å²) in [6, 6.07) is 23.3. The minimum atomic E-state index is 0.399. The van der Waals surface area contributed by atoms with Gasteiger partial charge in [0.2, 0.25) is 11.8 Å². The first-order valence-electron chi connectivity index (χ1n) is 13.4. The summed E-state index contributed by atoms with van der Waals surface area (Å²) in [5.41, 5.74) is 5.97. The van der Waals surface area contributed by atoms with Crippen molar-refractivity contribution in [2.45, 2.75) is 0 Å². The highest BCUT2D eigenvalue weighted by molar-refractivity contribution is 6.02. The van der Waals surface area contributed by atoms with Crippen LogP contribution in [0, 0.1) is 22.7 Å². The number of methoxy groups -OCH3 is 2. The number of benzene rings is 2. The number of hydrogen-bond acceptors (Lipinski definition) is 10. The molecule has 2 aliphatic heterocycles. The van der Waals surface area contributed by atoms with Crippen LogP contribution >= 0.6 is 0 Å². The highest BCUT2D eigenvalue weighted by Gasteiger charge is 2.22. The van der Waals surface area contributed by atoms with Crippen molar-refractivity contribution in [1.82, 2.24) is 20.6 Å². The second-order valence-corrected chi connectivity index (χ2v) is 9.50. The molecule has 0 aliphatic carbocycles. The van der Waals surface area contributed by atoms with Crippen molar-refractivity contribution < 1.29 is 9.47 Å². The molecule has 0 radical (unpaired) electrons. The van der Waals surface area contributed by atoms with Crippen molar-refractivity contribution in [3.05, 3.63) is 82.9 Å². The standard InChI is InChI=1S/C32H26N8O2/c1-41-31-23(29-35-13-14-36-29)9-11-27(39-31)21-7-3-5-19(25(21)17-33)20-6-4-8-22(26(20)18-34)28-12-10-24(32(40-28)42-2)30-37-15-16-38-30/h3-12H,13-16H2,1-2H3,(H,35,36)(H,37,38). The fourth-order valence-corrected chi connectivity index (χ4v) is 5.23. The van der Waals surface area contributed by atoms with Crippen LogP contribution in [-0.4, -0.2) is 62.0 Å². The van der Waals surface area contributed by atoms with Crippen LogP contribution in [0.5, 0.6) is 11.8 Å². The van der Waals surface area contributed by atoms with E-state index in [0.717, 1.165) is 35.9 Å². The summed E-state index contributed by atoms with van der Waals surface area (Å²) in [7, 11) is 3.12. The Morgan fingerprint density at radius 2 is 1.02 bits per heavy atom. The molecule has 0 fully saturated rings. The highest BCUT2D eigenvalue weighted by atomic mass is 16.5. The molecule has 4 aromatic rings. The monoisotopic (exact) mass is 554 g/mol.